The third-order valence-electron chi connectivity index (χ3n) is 12.1. The average molecular weight is 1100 g/mol. The summed E-state index contributed by atoms with van der Waals surface area (Å²) in [6, 6.07) is 43.6. The maximum atomic E-state index is 7.44. The fourth-order valence-corrected chi connectivity index (χ4v) is 12.1. The molecule has 4 heterocycles. The Kier molecular flexibility index (Phi) is 12.8. The third-order valence-corrected chi connectivity index (χ3v) is 16.3. The van der Waals surface area contributed by atoms with E-state index < -0.39 is 20.1 Å². The molecule has 0 atom stereocenters. The van der Waals surface area contributed by atoms with Crippen molar-refractivity contribution in [3.05, 3.63) is 162 Å². The van der Waals surface area contributed by atoms with Crippen molar-refractivity contribution in [1.82, 2.24) is 19.5 Å². The molecule has 9 rings (SSSR count). The minimum Gasteiger partial charge on any atom is 0 e. The molecule has 9 aromatic rings. The Morgan fingerprint density at radius 3 is 2.00 bits per heavy atom. The van der Waals surface area contributed by atoms with Gasteiger partial charge in [-0.25, -0.2) is 0 Å². The molecule has 0 aliphatic carbocycles. The number of hydrogen-bond acceptors (Lipinski definition) is 4. The molecule has 0 aliphatic rings. The van der Waals surface area contributed by atoms with Crippen LogP contribution < -0.4 is 4.40 Å². The smallest absolute Gasteiger partial charge is 0 e. The van der Waals surface area contributed by atoms with Crippen molar-refractivity contribution in [3.63, 3.8) is 0 Å². The van der Waals surface area contributed by atoms with Crippen LogP contribution in [0.2, 0.25) is 17.3 Å². The normalized spacial score (nSPS) is 12.9. The van der Waals surface area contributed by atoms with E-state index in [1.165, 1.54) is 37.9 Å². The summed E-state index contributed by atoms with van der Waals surface area (Å²) in [6.45, 7) is 18.0. The van der Waals surface area contributed by atoms with Crippen molar-refractivity contribution in [1.29, 1.82) is 0 Å². The molecule has 65 heavy (non-hydrogen) atoms. The van der Waals surface area contributed by atoms with Gasteiger partial charge in [0.2, 0.25) is 0 Å². The Balaban J connectivity index is 0.000000242. The molecule has 1 radical (unpaired) electrons. The van der Waals surface area contributed by atoms with Crippen LogP contribution in [0.5, 0.6) is 0 Å². The van der Waals surface area contributed by atoms with Crippen molar-refractivity contribution in [2.45, 2.75) is 110 Å². The second-order valence-corrected chi connectivity index (χ2v) is 30.6. The fraction of sp³-hybridized carbons (Fsp3) is 0.293. The van der Waals surface area contributed by atoms with Gasteiger partial charge in [-0.05, 0) is 58.4 Å². The number of fused-ring (bicyclic) bond motifs is 4. The van der Waals surface area contributed by atoms with E-state index in [9.17, 15) is 0 Å². The summed E-state index contributed by atoms with van der Waals surface area (Å²) in [4.78, 5) is 15.0. The van der Waals surface area contributed by atoms with Gasteiger partial charge in [0.15, 0.2) is 0 Å². The number of rotatable bonds is 8. The molecule has 0 fully saturated rings. The standard InChI is InChI=1S/C40H38N3O.C18H24GeN.Ir/c1-24(2)31-20-27(26-14-9-8-10-15-26)21-32(25(3)4)37(31)43-34-23-41-36(40(5,6)7)22-33(34)42-39(43)30-18-13-17-29-28-16-11-12-19-35(28)44-38(29)30;1-13(2)16-11-18(15-9-7-14(3)8-10-15)20-12-17(16)19(4,5)6;/h8-17,19-25H,1-7H3;7-9,11-13H,1-6H3;/q2*-1;/i;3D3;. The Hall–Kier alpha value is -5.14. The van der Waals surface area contributed by atoms with E-state index in [4.69, 9.17) is 18.5 Å². The summed E-state index contributed by atoms with van der Waals surface area (Å²) in [5.41, 5.74) is 14.8. The molecule has 0 bridgehead atoms. The molecule has 0 unspecified atom stereocenters. The summed E-state index contributed by atoms with van der Waals surface area (Å²) in [7, 11) is 0. The summed E-state index contributed by atoms with van der Waals surface area (Å²) in [5.74, 6) is 8.92. The van der Waals surface area contributed by atoms with Crippen LogP contribution in [0, 0.1) is 19.0 Å². The molecular weight excluding hydrogens is 1030 g/mol. The molecule has 5 nitrogen and oxygen atoms in total. The zero-order valence-corrected chi connectivity index (χ0v) is 44.3. The summed E-state index contributed by atoms with van der Waals surface area (Å²) in [6.07, 6.45) is 4.03. The number of furan rings is 1. The molecule has 0 amide bonds. The quantitative estimate of drug-likeness (QED) is 0.112. The summed E-state index contributed by atoms with van der Waals surface area (Å²) >= 11 is -1.97. The number of hydrogen-bond donors (Lipinski definition) is 0. The zero-order valence-electron chi connectivity index (χ0n) is 42.8. The van der Waals surface area contributed by atoms with E-state index in [0.717, 1.165) is 61.3 Å². The number of pyridine rings is 2. The molecular formula is C58H62GeIrN4O-2. The Bertz CT molecular complexity index is 3200. The van der Waals surface area contributed by atoms with E-state index in [1.807, 2.05) is 30.6 Å². The van der Waals surface area contributed by atoms with Gasteiger partial charge >= 0.3 is 130 Å². The van der Waals surface area contributed by atoms with Crippen LogP contribution in [-0.2, 0) is 25.5 Å². The van der Waals surface area contributed by atoms with Crippen LogP contribution >= 0.6 is 0 Å². The SMILES string of the molecule is CC(C)c1cc(-c2ccccc2)cc(C(C)C)c1-n1c(-c2[c-]ccc3c2oc2ccccc23)nc2cc(C(C)(C)C)ncc21.[2H]C([2H])([2H])c1c[c-]c(-c2cc(C(C)C)[c]([Ge]([CH3])([CH3])[CH3])cn2)cc1.[Ir]. The third kappa shape index (κ3) is 9.73. The molecule has 335 valence electrons. The van der Waals surface area contributed by atoms with Crippen LogP contribution in [0.4, 0.5) is 0 Å². The summed E-state index contributed by atoms with van der Waals surface area (Å²) < 4.78 is 32.6. The molecule has 0 aliphatic heterocycles. The number of nitrogens with zero attached hydrogens (tertiary/aromatic N) is 4. The topological polar surface area (TPSA) is 56.7 Å². The van der Waals surface area contributed by atoms with Gasteiger partial charge in [-0.15, -0.1) is 18.2 Å². The Labute approximate surface area is 407 Å². The second-order valence-electron chi connectivity index (χ2n) is 20.0. The molecule has 7 heteroatoms. The van der Waals surface area contributed by atoms with Gasteiger partial charge in [0.1, 0.15) is 5.58 Å². The molecule has 0 N–H and O–H groups in total. The van der Waals surface area contributed by atoms with Crippen molar-refractivity contribution < 1.29 is 28.6 Å². The van der Waals surface area contributed by atoms with E-state index in [0.29, 0.717) is 11.5 Å². The van der Waals surface area contributed by atoms with Gasteiger partial charge in [0.05, 0.1) is 28.6 Å². The average Bonchev–Trinajstić information content (AvgIpc) is 3.86. The van der Waals surface area contributed by atoms with Crippen molar-refractivity contribution in [2.24, 2.45) is 0 Å². The fourth-order valence-electron chi connectivity index (χ4n) is 8.56. The predicted octanol–water partition coefficient (Wildman–Crippen LogP) is 15.5. The van der Waals surface area contributed by atoms with Gasteiger partial charge in [-0.1, -0.05) is 108 Å². The van der Waals surface area contributed by atoms with Crippen LogP contribution in [0.3, 0.4) is 0 Å². The van der Waals surface area contributed by atoms with Crippen LogP contribution in [0.25, 0.3) is 72.4 Å². The maximum absolute atomic E-state index is 7.44. The minimum absolute atomic E-state index is 0. The number of benzene rings is 5. The van der Waals surface area contributed by atoms with Gasteiger partial charge in [-0.3, -0.25) is 9.97 Å². The van der Waals surface area contributed by atoms with Gasteiger partial charge in [-0.2, -0.15) is 0 Å². The number of aryl methyl sites for hydroxylation is 1. The predicted molar refractivity (Wildman–Crippen MR) is 273 cm³/mol. The van der Waals surface area contributed by atoms with Crippen molar-refractivity contribution >= 4 is 50.6 Å². The number of imidazole rings is 1. The van der Waals surface area contributed by atoms with Crippen LogP contribution in [0.15, 0.2) is 126 Å². The van der Waals surface area contributed by atoms with E-state index in [-0.39, 0.29) is 37.4 Å². The molecule has 5 aromatic carbocycles. The first-order chi connectivity index (χ1) is 31.6. The Morgan fingerprint density at radius 2 is 1.38 bits per heavy atom. The monoisotopic (exact) mass is 1100 g/mol. The van der Waals surface area contributed by atoms with Crippen LogP contribution in [0.1, 0.15) is 112 Å². The first-order valence-electron chi connectivity index (χ1n) is 24.1. The first kappa shape index (κ1) is 43.7. The first-order valence-corrected chi connectivity index (χ1v) is 29.9. The molecule has 0 saturated heterocycles. The van der Waals surface area contributed by atoms with Crippen molar-refractivity contribution in [3.8, 4) is 39.5 Å². The number of aromatic nitrogens is 4. The largest absolute Gasteiger partial charge is 0 e. The second kappa shape index (κ2) is 19.0. The molecule has 0 saturated carbocycles. The van der Waals surface area contributed by atoms with E-state index >= 15 is 0 Å². The zero-order chi connectivity index (χ0) is 48.2. The van der Waals surface area contributed by atoms with Gasteiger partial charge in [0.25, 0.3) is 0 Å². The maximum Gasteiger partial charge on any atom is 0 e. The van der Waals surface area contributed by atoms with Gasteiger partial charge < -0.3 is 8.98 Å². The van der Waals surface area contributed by atoms with Crippen LogP contribution in [-0.4, -0.2) is 32.8 Å². The van der Waals surface area contributed by atoms with Gasteiger partial charge in [0, 0.05) is 42.3 Å². The molecule has 4 aromatic heterocycles. The molecule has 0 spiro atoms. The van der Waals surface area contributed by atoms with E-state index in [1.54, 1.807) is 18.2 Å². The summed E-state index contributed by atoms with van der Waals surface area (Å²) in [5, 5.41) is 2.16. The Morgan fingerprint density at radius 1 is 0.708 bits per heavy atom. The minimum atomic E-state index is -2.09. The number of para-hydroxylation sites is 1. The van der Waals surface area contributed by atoms with Crippen molar-refractivity contribution in [2.75, 3.05) is 0 Å². The van der Waals surface area contributed by atoms with E-state index in [2.05, 4.69) is 174 Å².